The first-order valence-electron chi connectivity index (χ1n) is 12.3. The van der Waals surface area contributed by atoms with Crippen molar-refractivity contribution < 1.29 is 22.0 Å². The van der Waals surface area contributed by atoms with Gasteiger partial charge in [-0.2, -0.15) is 4.31 Å². The molecule has 1 aliphatic heterocycles. The SMILES string of the molecule is Cc1cc2nc(N(Cc3ccccc3)C(=O)C3CCN(S(=O)(=O)c4cc(F)ccc4F)CC3)sc2cc1C. The molecule has 0 bridgehead atoms. The van der Waals surface area contributed by atoms with Gasteiger partial charge in [-0.05, 0) is 73.7 Å². The summed E-state index contributed by atoms with van der Waals surface area (Å²) in [5, 5.41) is 0.593. The van der Waals surface area contributed by atoms with Crippen LogP contribution in [0.25, 0.3) is 10.2 Å². The van der Waals surface area contributed by atoms with Gasteiger partial charge in [0.25, 0.3) is 0 Å². The Bertz CT molecular complexity index is 1560. The number of aryl methyl sites for hydroxylation is 2. The van der Waals surface area contributed by atoms with Gasteiger partial charge in [0, 0.05) is 19.0 Å². The predicted octanol–water partition coefficient (Wildman–Crippen LogP) is 5.83. The van der Waals surface area contributed by atoms with Crippen molar-refractivity contribution in [3.05, 3.63) is 89.0 Å². The fourth-order valence-electron chi connectivity index (χ4n) is 4.67. The zero-order chi connectivity index (χ0) is 27.0. The Morgan fingerprint density at radius 1 is 1.03 bits per heavy atom. The van der Waals surface area contributed by atoms with Gasteiger partial charge in [0.2, 0.25) is 15.9 Å². The van der Waals surface area contributed by atoms with Crippen molar-refractivity contribution in [3.63, 3.8) is 0 Å². The number of nitrogens with zero attached hydrogens (tertiary/aromatic N) is 3. The Balaban J connectivity index is 1.39. The second kappa shape index (κ2) is 10.5. The first kappa shape index (κ1) is 26.4. The van der Waals surface area contributed by atoms with Gasteiger partial charge in [-0.15, -0.1) is 0 Å². The third kappa shape index (κ3) is 5.21. The first-order chi connectivity index (χ1) is 18.1. The van der Waals surface area contributed by atoms with Crippen LogP contribution in [0.15, 0.2) is 65.6 Å². The minimum Gasteiger partial charge on any atom is -0.283 e. The molecule has 4 aromatic rings. The Morgan fingerprint density at radius 3 is 2.42 bits per heavy atom. The highest BCUT2D eigenvalue weighted by atomic mass is 32.2. The lowest BCUT2D eigenvalue weighted by Crippen LogP contribution is -2.44. The maximum Gasteiger partial charge on any atom is 0.246 e. The number of anilines is 1. The fourth-order valence-corrected chi connectivity index (χ4v) is 7.26. The third-order valence-corrected chi connectivity index (χ3v) is 9.94. The normalized spacial score (nSPS) is 15.2. The summed E-state index contributed by atoms with van der Waals surface area (Å²) in [6.07, 6.45) is 0.535. The Kier molecular flexibility index (Phi) is 7.30. The molecule has 0 aliphatic carbocycles. The van der Waals surface area contributed by atoms with Crippen molar-refractivity contribution in [2.24, 2.45) is 5.92 Å². The van der Waals surface area contributed by atoms with E-state index in [2.05, 4.69) is 6.07 Å². The van der Waals surface area contributed by atoms with Gasteiger partial charge in [0.05, 0.1) is 16.8 Å². The van der Waals surface area contributed by atoms with Crippen LogP contribution in [-0.2, 0) is 21.4 Å². The molecule has 1 aromatic heterocycles. The number of benzene rings is 3. The van der Waals surface area contributed by atoms with Crippen molar-refractivity contribution in [2.45, 2.75) is 38.1 Å². The number of carbonyl (C=O) groups is 1. The van der Waals surface area contributed by atoms with E-state index < -0.39 is 32.5 Å². The van der Waals surface area contributed by atoms with E-state index in [1.54, 1.807) is 4.90 Å². The number of rotatable bonds is 6. The van der Waals surface area contributed by atoms with Crippen molar-refractivity contribution in [1.29, 1.82) is 0 Å². The topological polar surface area (TPSA) is 70.6 Å². The van der Waals surface area contributed by atoms with E-state index in [0.717, 1.165) is 43.3 Å². The minimum absolute atomic E-state index is 0.0338. The summed E-state index contributed by atoms with van der Waals surface area (Å²) >= 11 is 1.46. The molecule has 0 atom stereocenters. The van der Waals surface area contributed by atoms with Crippen molar-refractivity contribution in [3.8, 4) is 0 Å². The van der Waals surface area contributed by atoms with E-state index in [1.165, 1.54) is 11.3 Å². The zero-order valence-electron chi connectivity index (χ0n) is 21.0. The van der Waals surface area contributed by atoms with E-state index in [4.69, 9.17) is 4.98 Å². The number of piperidine rings is 1. The lowest BCUT2D eigenvalue weighted by atomic mass is 9.96. The quantitative estimate of drug-likeness (QED) is 0.300. The highest BCUT2D eigenvalue weighted by Gasteiger charge is 2.36. The van der Waals surface area contributed by atoms with Crippen molar-refractivity contribution in [1.82, 2.24) is 9.29 Å². The van der Waals surface area contributed by atoms with Gasteiger partial charge in [-0.1, -0.05) is 41.7 Å². The average molecular weight is 556 g/mol. The lowest BCUT2D eigenvalue weighted by Gasteiger charge is -2.33. The van der Waals surface area contributed by atoms with Crippen LogP contribution >= 0.6 is 11.3 Å². The number of hydrogen-bond acceptors (Lipinski definition) is 5. The maximum atomic E-state index is 14.2. The van der Waals surface area contributed by atoms with E-state index in [-0.39, 0.29) is 31.8 Å². The van der Waals surface area contributed by atoms with Crippen LogP contribution in [0, 0.1) is 31.4 Å². The van der Waals surface area contributed by atoms with Crippen LogP contribution < -0.4 is 4.90 Å². The summed E-state index contributed by atoms with van der Waals surface area (Å²) in [5.41, 5.74) is 4.06. The molecule has 6 nitrogen and oxygen atoms in total. The monoisotopic (exact) mass is 555 g/mol. The predicted molar refractivity (Wildman–Crippen MR) is 145 cm³/mol. The molecule has 1 amide bonds. The van der Waals surface area contributed by atoms with Crippen LogP contribution in [0.1, 0.15) is 29.5 Å². The first-order valence-corrected chi connectivity index (χ1v) is 14.6. The molecule has 2 heterocycles. The maximum absolute atomic E-state index is 14.2. The molecule has 38 heavy (non-hydrogen) atoms. The molecule has 1 saturated heterocycles. The van der Waals surface area contributed by atoms with E-state index in [1.807, 2.05) is 50.2 Å². The minimum atomic E-state index is -4.23. The number of aromatic nitrogens is 1. The second-order valence-corrected chi connectivity index (χ2v) is 12.5. The summed E-state index contributed by atoms with van der Waals surface area (Å²) in [6.45, 7) is 4.47. The molecule has 10 heteroatoms. The van der Waals surface area contributed by atoms with Crippen LogP contribution in [0.4, 0.5) is 13.9 Å². The molecule has 198 valence electrons. The van der Waals surface area contributed by atoms with Gasteiger partial charge >= 0.3 is 0 Å². The molecular formula is C28H27F2N3O3S2. The smallest absolute Gasteiger partial charge is 0.246 e. The molecule has 0 N–H and O–H groups in total. The Labute approximate surface area is 224 Å². The standard InChI is InChI=1S/C28H27F2N3O3S2/c1-18-14-24-25(15-19(18)2)37-28(31-24)33(17-20-6-4-3-5-7-20)27(34)21-10-12-32(13-11-21)38(35,36)26-16-22(29)8-9-23(26)30/h3-9,14-16,21H,10-13,17H2,1-2H3. The van der Waals surface area contributed by atoms with Crippen LogP contribution in [0.3, 0.4) is 0 Å². The molecule has 0 spiro atoms. The van der Waals surface area contributed by atoms with Gasteiger partial charge in [0.1, 0.15) is 16.5 Å². The summed E-state index contributed by atoms with van der Waals surface area (Å²) in [7, 11) is -4.23. The van der Waals surface area contributed by atoms with Crippen LogP contribution in [0.5, 0.6) is 0 Å². The third-order valence-electron chi connectivity index (χ3n) is 6.99. The molecule has 0 unspecified atom stereocenters. The Morgan fingerprint density at radius 2 is 1.71 bits per heavy atom. The number of sulfonamides is 1. The molecule has 1 aliphatic rings. The summed E-state index contributed by atoms with van der Waals surface area (Å²) < 4.78 is 56.0. The number of halogens is 2. The molecular weight excluding hydrogens is 528 g/mol. The highest BCUT2D eigenvalue weighted by Crippen LogP contribution is 2.34. The molecule has 0 saturated carbocycles. The second-order valence-electron chi connectivity index (χ2n) is 9.56. The van der Waals surface area contributed by atoms with Gasteiger partial charge in [-0.25, -0.2) is 22.2 Å². The highest BCUT2D eigenvalue weighted by molar-refractivity contribution is 7.89. The molecule has 3 aromatic carbocycles. The van der Waals surface area contributed by atoms with Gasteiger partial charge in [0.15, 0.2) is 5.13 Å². The zero-order valence-corrected chi connectivity index (χ0v) is 22.7. The number of amides is 1. The number of hydrogen-bond donors (Lipinski definition) is 0. The number of thiazole rings is 1. The summed E-state index contributed by atoms with van der Waals surface area (Å²) in [5.74, 6) is -2.39. The van der Waals surface area contributed by atoms with Crippen molar-refractivity contribution >= 4 is 42.6 Å². The fraction of sp³-hybridized carbons (Fsp3) is 0.286. The Hall–Kier alpha value is -3.21. The number of fused-ring (bicyclic) bond motifs is 1. The largest absolute Gasteiger partial charge is 0.283 e. The lowest BCUT2D eigenvalue weighted by molar-refractivity contribution is -0.123. The van der Waals surface area contributed by atoms with Crippen LogP contribution in [0.2, 0.25) is 0 Å². The van der Waals surface area contributed by atoms with Gasteiger partial charge in [-0.3, -0.25) is 9.69 Å². The molecule has 0 radical (unpaired) electrons. The molecule has 5 rings (SSSR count). The van der Waals surface area contributed by atoms with E-state index in [0.29, 0.717) is 17.7 Å². The summed E-state index contributed by atoms with van der Waals surface area (Å²) in [6, 6.07) is 16.1. The van der Waals surface area contributed by atoms with Crippen molar-refractivity contribution in [2.75, 3.05) is 18.0 Å². The van der Waals surface area contributed by atoms with Crippen LogP contribution in [-0.4, -0.2) is 36.7 Å². The average Bonchev–Trinajstić information content (AvgIpc) is 3.31. The van der Waals surface area contributed by atoms with E-state index >= 15 is 0 Å². The summed E-state index contributed by atoms with van der Waals surface area (Å²) in [4.78, 5) is 19.6. The van der Waals surface area contributed by atoms with E-state index in [9.17, 15) is 22.0 Å². The molecule has 1 fully saturated rings. The van der Waals surface area contributed by atoms with Gasteiger partial charge < -0.3 is 0 Å². The number of carbonyl (C=O) groups excluding carboxylic acids is 1.